The highest BCUT2D eigenvalue weighted by Crippen LogP contribution is 2.18. The van der Waals surface area contributed by atoms with Gasteiger partial charge in [-0.3, -0.25) is 9.79 Å². The van der Waals surface area contributed by atoms with Crippen molar-refractivity contribution in [3.05, 3.63) is 18.2 Å². The maximum atomic E-state index is 10.6. The van der Waals surface area contributed by atoms with Crippen LogP contribution < -0.4 is 16.8 Å². The van der Waals surface area contributed by atoms with E-state index in [1.54, 1.807) is 11.8 Å². The molecule has 19 heavy (non-hydrogen) atoms. The Hall–Kier alpha value is -1.76. The predicted octanol–water partition coefficient (Wildman–Crippen LogP) is 1.19. The van der Waals surface area contributed by atoms with Crippen molar-refractivity contribution >= 4 is 29.4 Å². The van der Waals surface area contributed by atoms with Crippen molar-refractivity contribution in [1.29, 1.82) is 0 Å². The van der Waals surface area contributed by atoms with Crippen LogP contribution in [0.5, 0.6) is 0 Å². The van der Waals surface area contributed by atoms with Gasteiger partial charge in [-0.25, -0.2) is 4.98 Å². The minimum absolute atomic E-state index is 0.271. The van der Waals surface area contributed by atoms with Crippen LogP contribution in [0.4, 0.5) is 5.82 Å². The zero-order valence-corrected chi connectivity index (χ0v) is 11.7. The summed E-state index contributed by atoms with van der Waals surface area (Å²) in [5.74, 6) is 1.55. The Labute approximate surface area is 117 Å². The molecule has 0 aromatic carbocycles. The Bertz CT molecular complexity index is 450. The molecule has 1 rings (SSSR count). The lowest BCUT2D eigenvalue weighted by atomic mass is 10.3. The minimum atomic E-state index is -0.271. The molecule has 0 radical (unpaired) electrons. The Morgan fingerprint density at radius 1 is 1.47 bits per heavy atom. The zero-order chi connectivity index (χ0) is 14.1. The predicted molar refractivity (Wildman–Crippen MR) is 79.2 cm³/mol. The van der Waals surface area contributed by atoms with E-state index >= 15 is 0 Å². The van der Waals surface area contributed by atoms with Gasteiger partial charge in [-0.2, -0.15) is 0 Å². The van der Waals surface area contributed by atoms with Crippen LogP contribution in [0.2, 0.25) is 0 Å². The smallest absolute Gasteiger partial charge is 0.217 e. The molecule has 0 fully saturated rings. The quantitative estimate of drug-likeness (QED) is 0.301. The number of hydrogen-bond donors (Lipinski definition) is 3. The third-order valence-corrected chi connectivity index (χ3v) is 3.14. The highest BCUT2D eigenvalue weighted by atomic mass is 32.2. The number of rotatable bonds is 7. The van der Waals surface area contributed by atoms with Gasteiger partial charge in [-0.1, -0.05) is 6.07 Å². The molecule has 1 aromatic rings. The summed E-state index contributed by atoms with van der Waals surface area (Å²) >= 11 is 1.58. The van der Waals surface area contributed by atoms with E-state index in [2.05, 4.69) is 15.3 Å². The summed E-state index contributed by atoms with van der Waals surface area (Å²) in [5, 5.41) is 3.79. The molecule has 6 nitrogen and oxygen atoms in total. The van der Waals surface area contributed by atoms with Gasteiger partial charge in [0, 0.05) is 13.0 Å². The molecule has 7 heteroatoms. The van der Waals surface area contributed by atoms with Crippen LogP contribution in [0.25, 0.3) is 0 Å². The van der Waals surface area contributed by atoms with Gasteiger partial charge in [0.25, 0.3) is 0 Å². The monoisotopic (exact) mass is 281 g/mol. The van der Waals surface area contributed by atoms with Crippen molar-refractivity contribution in [3.63, 3.8) is 0 Å². The van der Waals surface area contributed by atoms with Crippen LogP contribution in [-0.2, 0) is 4.79 Å². The number of amides is 1. The topological polar surface area (TPSA) is 106 Å². The van der Waals surface area contributed by atoms with Gasteiger partial charge < -0.3 is 16.8 Å². The zero-order valence-electron chi connectivity index (χ0n) is 10.9. The number of aliphatic imine (C=N–C) groups is 1. The van der Waals surface area contributed by atoms with Crippen molar-refractivity contribution in [2.75, 3.05) is 17.6 Å². The second kappa shape index (κ2) is 8.36. The molecule has 1 aromatic heterocycles. The Balaban J connectivity index is 2.47. The van der Waals surface area contributed by atoms with Crippen LogP contribution in [-0.4, -0.2) is 29.1 Å². The second-order valence-corrected chi connectivity index (χ2v) is 4.88. The SMILES string of the molecule is CCN=C(N)Nc1cccc(SCCCC(N)=O)n1. The molecule has 104 valence electrons. The van der Waals surface area contributed by atoms with Crippen LogP contribution in [0.3, 0.4) is 0 Å². The number of carbonyl (C=O) groups excluding carboxylic acids is 1. The van der Waals surface area contributed by atoms with Crippen molar-refractivity contribution in [1.82, 2.24) is 4.98 Å². The summed E-state index contributed by atoms with van der Waals surface area (Å²) in [6.07, 6.45) is 1.15. The molecule has 0 bridgehead atoms. The average Bonchev–Trinajstić information content (AvgIpc) is 2.35. The number of carbonyl (C=O) groups is 1. The number of aromatic nitrogens is 1. The van der Waals surface area contributed by atoms with Crippen LogP contribution in [0, 0.1) is 0 Å². The van der Waals surface area contributed by atoms with Gasteiger partial charge >= 0.3 is 0 Å². The van der Waals surface area contributed by atoms with E-state index in [0.717, 1.165) is 17.2 Å². The Morgan fingerprint density at radius 3 is 2.95 bits per heavy atom. The van der Waals surface area contributed by atoms with Gasteiger partial charge in [0.1, 0.15) is 5.82 Å². The first-order valence-corrected chi connectivity index (χ1v) is 7.05. The van der Waals surface area contributed by atoms with Crippen molar-refractivity contribution < 1.29 is 4.79 Å². The van der Waals surface area contributed by atoms with E-state index in [-0.39, 0.29) is 5.91 Å². The highest BCUT2D eigenvalue weighted by molar-refractivity contribution is 7.99. The molecule has 0 aliphatic heterocycles. The fourth-order valence-electron chi connectivity index (χ4n) is 1.33. The number of pyridine rings is 1. The first-order chi connectivity index (χ1) is 9.11. The van der Waals surface area contributed by atoms with E-state index < -0.39 is 0 Å². The summed E-state index contributed by atoms with van der Waals surface area (Å²) < 4.78 is 0. The van der Waals surface area contributed by atoms with Crippen molar-refractivity contribution in [2.45, 2.75) is 24.8 Å². The molecule has 0 aliphatic carbocycles. The molecule has 1 amide bonds. The number of guanidine groups is 1. The summed E-state index contributed by atoms with van der Waals surface area (Å²) in [6.45, 7) is 2.54. The number of thioether (sulfide) groups is 1. The fourth-order valence-corrected chi connectivity index (χ4v) is 2.16. The first-order valence-electron chi connectivity index (χ1n) is 6.07. The summed E-state index contributed by atoms with van der Waals surface area (Å²) in [7, 11) is 0. The number of nitrogens with zero attached hydrogens (tertiary/aromatic N) is 2. The summed E-state index contributed by atoms with van der Waals surface area (Å²) in [5.41, 5.74) is 10.7. The van der Waals surface area contributed by atoms with Gasteiger partial charge in [0.05, 0.1) is 5.03 Å². The van der Waals surface area contributed by atoms with Crippen LogP contribution in [0.1, 0.15) is 19.8 Å². The maximum Gasteiger partial charge on any atom is 0.217 e. The average molecular weight is 281 g/mol. The standard InChI is InChI=1S/C12H19N5OS/c1-2-15-12(14)17-10-6-3-7-11(16-10)19-8-4-5-9(13)18/h3,6-7H,2,4-5,8H2,1H3,(H2,13,18)(H3,14,15,16,17). The van der Waals surface area contributed by atoms with E-state index in [4.69, 9.17) is 11.5 Å². The third kappa shape index (κ3) is 6.66. The van der Waals surface area contributed by atoms with Crippen molar-refractivity contribution in [3.8, 4) is 0 Å². The molecule has 0 saturated carbocycles. The lowest BCUT2D eigenvalue weighted by Crippen LogP contribution is -2.23. The molecule has 0 aliphatic rings. The highest BCUT2D eigenvalue weighted by Gasteiger charge is 2.01. The molecule has 0 unspecified atom stereocenters. The van der Waals surface area contributed by atoms with Gasteiger partial charge in [0.2, 0.25) is 5.91 Å². The largest absolute Gasteiger partial charge is 0.370 e. The minimum Gasteiger partial charge on any atom is -0.370 e. The fraction of sp³-hybridized carbons (Fsp3) is 0.417. The number of primary amides is 1. The number of nitrogens with two attached hydrogens (primary N) is 2. The van der Waals surface area contributed by atoms with E-state index in [0.29, 0.717) is 24.7 Å². The number of nitrogens with one attached hydrogen (secondary N) is 1. The Kier molecular flexibility index (Phi) is 6.73. The van der Waals surface area contributed by atoms with E-state index in [9.17, 15) is 4.79 Å². The number of hydrogen-bond acceptors (Lipinski definition) is 4. The maximum absolute atomic E-state index is 10.6. The van der Waals surface area contributed by atoms with Crippen LogP contribution >= 0.6 is 11.8 Å². The lowest BCUT2D eigenvalue weighted by molar-refractivity contribution is -0.118. The lowest BCUT2D eigenvalue weighted by Gasteiger charge is -2.06. The summed E-state index contributed by atoms with van der Waals surface area (Å²) in [4.78, 5) is 19.0. The molecule has 0 atom stereocenters. The Morgan fingerprint density at radius 2 is 2.26 bits per heavy atom. The van der Waals surface area contributed by atoms with Crippen molar-refractivity contribution in [2.24, 2.45) is 16.5 Å². The number of anilines is 1. The molecular formula is C12H19N5OS. The van der Waals surface area contributed by atoms with Gasteiger partial charge in [-0.15, -0.1) is 11.8 Å². The summed E-state index contributed by atoms with van der Waals surface area (Å²) in [6, 6.07) is 5.63. The van der Waals surface area contributed by atoms with E-state index in [1.165, 1.54) is 0 Å². The first kappa shape index (κ1) is 15.3. The van der Waals surface area contributed by atoms with Crippen LogP contribution in [0.15, 0.2) is 28.2 Å². The second-order valence-electron chi connectivity index (χ2n) is 3.76. The third-order valence-electron chi connectivity index (χ3n) is 2.13. The normalized spacial score (nSPS) is 11.3. The molecule has 0 spiro atoms. The molecule has 5 N–H and O–H groups in total. The molecule has 1 heterocycles. The molecule has 0 saturated heterocycles. The molecular weight excluding hydrogens is 262 g/mol. The van der Waals surface area contributed by atoms with E-state index in [1.807, 2.05) is 25.1 Å². The van der Waals surface area contributed by atoms with Gasteiger partial charge in [0.15, 0.2) is 5.96 Å². The van der Waals surface area contributed by atoms with Gasteiger partial charge in [-0.05, 0) is 31.2 Å².